The molecular weight excluding hydrogens is 348 g/mol. The Labute approximate surface area is 157 Å². The van der Waals surface area contributed by atoms with Crippen LogP contribution < -0.4 is 9.47 Å². The van der Waals surface area contributed by atoms with Gasteiger partial charge in [0.2, 0.25) is 0 Å². The number of carbonyl (C=O) groups is 1. The Morgan fingerprint density at radius 1 is 1.19 bits per heavy atom. The predicted molar refractivity (Wildman–Crippen MR) is 99.9 cm³/mol. The van der Waals surface area contributed by atoms with Crippen LogP contribution >= 0.6 is 0 Å². The van der Waals surface area contributed by atoms with Crippen LogP contribution in [0.4, 0.5) is 0 Å². The number of allylic oxidation sites excluding steroid dienone is 2. The molecule has 6 nitrogen and oxygen atoms in total. The van der Waals surface area contributed by atoms with Crippen molar-refractivity contribution >= 4 is 5.78 Å². The number of phenols is 3. The van der Waals surface area contributed by atoms with Crippen molar-refractivity contribution in [1.82, 2.24) is 0 Å². The van der Waals surface area contributed by atoms with Gasteiger partial charge in [0.05, 0.1) is 13.5 Å². The maximum Gasteiger partial charge on any atom is 0.174 e. The molecule has 0 saturated carbocycles. The minimum absolute atomic E-state index is 0.0108. The van der Waals surface area contributed by atoms with Crippen molar-refractivity contribution in [3.8, 4) is 28.7 Å². The Bertz CT molecular complexity index is 925. The molecule has 1 aliphatic rings. The van der Waals surface area contributed by atoms with Gasteiger partial charge in [-0.25, -0.2) is 0 Å². The van der Waals surface area contributed by atoms with Crippen molar-refractivity contribution < 1.29 is 29.6 Å². The number of ether oxygens (including phenoxy) is 2. The predicted octanol–water partition coefficient (Wildman–Crippen LogP) is 4.03. The molecule has 0 spiro atoms. The van der Waals surface area contributed by atoms with Crippen LogP contribution in [0.2, 0.25) is 0 Å². The van der Waals surface area contributed by atoms with Gasteiger partial charge in [0.25, 0.3) is 0 Å². The summed E-state index contributed by atoms with van der Waals surface area (Å²) >= 11 is 0. The van der Waals surface area contributed by atoms with Crippen molar-refractivity contribution in [2.75, 3.05) is 7.11 Å². The summed E-state index contributed by atoms with van der Waals surface area (Å²) in [6.45, 7) is 3.86. The highest BCUT2D eigenvalue weighted by Gasteiger charge is 2.33. The Hall–Kier alpha value is -3.15. The number of methoxy groups -OCH3 is 1. The summed E-state index contributed by atoms with van der Waals surface area (Å²) in [6, 6.07) is 5.91. The van der Waals surface area contributed by atoms with Gasteiger partial charge < -0.3 is 24.8 Å². The van der Waals surface area contributed by atoms with Gasteiger partial charge in [-0.15, -0.1) is 0 Å². The lowest BCUT2D eigenvalue weighted by Crippen LogP contribution is -2.21. The minimum Gasteiger partial charge on any atom is -0.507 e. The van der Waals surface area contributed by atoms with Crippen LogP contribution in [-0.4, -0.2) is 28.2 Å². The zero-order valence-corrected chi connectivity index (χ0v) is 15.4. The molecule has 0 unspecified atom stereocenters. The standard InChI is InChI=1S/C21H22O6/c1-11(2)4-6-13-15(23)9-16(24)20-17(25)10-18(27-21(13)20)12-5-7-14(22)19(8-12)26-3/h4-5,7-9,18,22-24H,6,10H2,1-3H3/t18-/m1/s1. The third-order valence-corrected chi connectivity index (χ3v) is 4.54. The smallest absolute Gasteiger partial charge is 0.174 e. The van der Waals surface area contributed by atoms with Gasteiger partial charge in [0.15, 0.2) is 17.3 Å². The number of carbonyl (C=O) groups excluding carboxylic acids is 1. The number of Topliss-reactive ketones (excluding diaryl/α,β-unsaturated/α-hetero) is 1. The molecule has 0 aromatic heterocycles. The van der Waals surface area contributed by atoms with E-state index in [4.69, 9.17) is 9.47 Å². The molecule has 0 radical (unpaired) electrons. The number of aromatic hydroxyl groups is 3. The van der Waals surface area contributed by atoms with E-state index in [1.54, 1.807) is 12.1 Å². The number of fused-ring (bicyclic) bond motifs is 1. The molecule has 3 rings (SSSR count). The Balaban J connectivity index is 2.07. The van der Waals surface area contributed by atoms with Crippen molar-refractivity contribution in [2.45, 2.75) is 32.8 Å². The third kappa shape index (κ3) is 3.56. The van der Waals surface area contributed by atoms with Crippen molar-refractivity contribution in [3.63, 3.8) is 0 Å². The molecule has 3 N–H and O–H groups in total. The molecule has 1 atom stereocenters. The molecule has 142 valence electrons. The van der Waals surface area contributed by atoms with E-state index in [0.717, 1.165) is 5.57 Å². The van der Waals surface area contributed by atoms with Crippen LogP contribution in [0.1, 0.15) is 47.9 Å². The van der Waals surface area contributed by atoms with E-state index in [2.05, 4.69) is 0 Å². The van der Waals surface area contributed by atoms with Crippen LogP contribution in [0.3, 0.4) is 0 Å². The van der Waals surface area contributed by atoms with E-state index in [9.17, 15) is 20.1 Å². The first-order chi connectivity index (χ1) is 12.8. The summed E-state index contributed by atoms with van der Waals surface area (Å²) in [5.74, 6) is -0.237. The fraction of sp³-hybridized carbons (Fsp3) is 0.286. The highest BCUT2D eigenvalue weighted by atomic mass is 16.5. The van der Waals surface area contributed by atoms with E-state index in [0.29, 0.717) is 17.5 Å². The fourth-order valence-corrected chi connectivity index (χ4v) is 3.11. The molecule has 2 aromatic rings. The summed E-state index contributed by atoms with van der Waals surface area (Å²) in [5.41, 5.74) is 2.25. The molecule has 0 bridgehead atoms. The number of hydrogen-bond donors (Lipinski definition) is 3. The third-order valence-electron chi connectivity index (χ3n) is 4.54. The fourth-order valence-electron chi connectivity index (χ4n) is 3.11. The molecule has 27 heavy (non-hydrogen) atoms. The Kier molecular flexibility index (Phi) is 4.99. The second-order valence-electron chi connectivity index (χ2n) is 6.75. The molecule has 1 heterocycles. The average molecular weight is 370 g/mol. The van der Waals surface area contributed by atoms with Crippen LogP contribution in [-0.2, 0) is 6.42 Å². The molecule has 0 aliphatic carbocycles. The number of rotatable bonds is 4. The zero-order valence-electron chi connectivity index (χ0n) is 15.4. The molecule has 0 fully saturated rings. The minimum atomic E-state index is -0.619. The van der Waals surface area contributed by atoms with Crippen molar-refractivity contribution in [2.24, 2.45) is 0 Å². The molecule has 6 heteroatoms. The maximum atomic E-state index is 12.7. The summed E-state index contributed by atoms with van der Waals surface area (Å²) in [5, 5.41) is 30.2. The van der Waals surface area contributed by atoms with Gasteiger partial charge in [-0.3, -0.25) is 4.79 Å². The van der Waals surface area contributed by atoms with E-state index < -0.39 is 6.10 Å². The summed E-state index contributed by atoms with van der Waals surface area (Å²) in [6.07, 6.45) is 1.69. The van der Waals surface area contributed by atoms with Crippen LogP contribution in [0, 0.1) is 0 Å². The lowest BCUT2D eigenvalue weighted by atomic mass is 9.92. The van der Waals surface area contributed by atoms with E-state index >= 15 is 0 Å². The number of hydrogen-bond acceptors (Lipinski definition) is 6. The maximum absolute atomic E-state index is 12.7. The topological polar surface area (TPSA) is 96.2 Å². The average Bonchev–Trinajstić information content (AvgIpc) is 2.60. The van der Waals surface area contributed by atoms with Crippen LogP contribution in [0.25, 0.3) is 0 Å². The van der Waals surface area contributed by atoms with Crippen molar-refractivity contribution in [3.05, 3.63) is 52.6 Å². The van der Waals surface area contributed by atoms with Crippen LogP contribution in [0.15, 0.2) is 35.9 Å². The van der Waals surface area contributed by atoms with Gasteiger partial charge in [-0.2, -0.15) is 0 Å². The van der Waals surface area contributed by atoms with Gasteiger partial charge in [0, 0.05) is 11.6 Å². The van der Waals surface area contributed by atoms with Gasteiger partial charge in [-0.1, -0.05) is 17.7 Å². The quantitative estimate of drug-likeness (QED) is 0.703. The highest BCUT2D eigenvalue weighted by Crippen LogP contribution is 2.46. The molecular formula is C21H22O6. The summed E-state index contributed by atoms with van der Waals surface area (Å²) in [7, 11) is 1.44. The first kappa shape index (κ1) is 18.6. The number of benzene rings is 2. The lowest BCUT2D eigenvalue weighted by molar-refractivity contribution is 0.0842. The Morgan fingerprint density at radius 2 is 1.93 bits per heavy atom. The molecule has 0 saturated heterocycles. The van der Waals surface area contributed by atoms with E-state index in [1.807, 2.05) is 19.9 Å². The monoisotopic (exact) mass is 370 g/mol. The largest absolute Gasteiger partial charge is 0.507 e. The zero-order chi connectivity index (χ0) is 19.7. The molecule has 0 amide bonds. The highest BCUT2D eigenvalue weighted by molar-refractivity contribution is 6.03. The number of ketones is 1. The van der Waals surface area contributed by atoms with Gasteiger partial charge in [0.1, 0.15) is 28.9 Å². The van der Waals surface area contributed by atoms with Gasteiger partial charge >= 0.3 is 0 Å². The first-order valence-corrected chi connectivity index (χ1v) is 8.59. The summed E-state index contributed by atoms with van der Waals surface area (Å²) < 4.78 is 11.2. The number of phenolic OH excluding ortho intramolecular Hbond substituents is 3. The lowest BCUT2D eigenvalue weighted by Gasteiger charge is -2.28. The van der Waals surface area contributed by atoms with E-state index in [1.165, 1.54) is 19.2 Å². The van der Waals surface area contributed by atoms with Crippen LogP contribution in [0.5, 0.6) is 28.7 Å². The molecule has 1 aliphatic heterocycles. The van der Waals surface area contributed by atoms with Gasteiger partial charge in [-0.05, 0) is 38.0 Å². The second kappa shape index (κ2) is 7.23. The first-order valence-electron chi connectivity index (χ1n) is 8.59. The second-order valence-corrected chi connectivity index (χ2v) is 6.75. The summed E-state index contributed by atoms with van der Waals surface area (Å²) in [4.78, 5) is 12.7. The molecule has 2 aromatic carbocycles. The van der Waals surface area contributed by atoms with E-state index in [-0.39, 0.29) is 46.5 Å². The Morgan fingerprint density at radius 3 is 2.59 bits per heavy atom. The van der Waals surface area contributed by atoms with Crippen molar-refractivity contribution in [1.29, 1.82) is 0 Å². The normalized spacial score (nSPS) is 15.7. The SMILES string of the molecule is COc1cc([C@H]2CC(=O)c3c(O)cc(O)c(CC=C(C)C)c3O2)ccc1O.